The normalized spacial score (nSPS) is 10.2. The molecule has 20 heavy (non-hydrogen) atoms. The van der Waals surface area contributed by atoms with E-state index in [1.807, 2.05) is 42.6 Å². The highest BCUT2D eigenvalue weighted by Gasteiger charge is 2.02. The SMILES string of the molecule is O=C(CCc1cccc(Cl)c1)NCCc1cccnc1. The number of rotatable bonds is 6. The third-order valence-electron chi connectivity index (χ3n) is 2.99. The minimum Gasteiger partial charge on any atom is -0.356 e. The van der Waals surface area contributed by atoms with Gasteiger partial charge in [0.05, 0.1) is 0 Å². The summed E-state index contributed by atoms with van der Waals surface area (Å²) < 4.78 is 0. The van der Waals surface area contributed by atoms with Crippen LogP contribution in [0.25, 0.3) is 0 Å². The molecule has 0 unspecified atom stereocenters. The number of pyridine rings is 1. The van der Waals surface area contributed by atoms with Crippen LogP contribution in [0, 0.1) is 0 Å². The number of aryl methyl sites for hydroxylation is 1. The first-order valence-electron chi connectivity index (χ1n) is 6.64. The molecule has 2 rings (SSSR count). The molecule has 0 saturated carbocycles. The highest BCUT2D eigenvalue weighted by molar-refractivity contribution is 6.30. The number of hydrogen-bond acceptors (Lipinski definition) is 2. The summed E-state index contributed by atoms with van der Waals surface area (Å²) in [5.41, 5.74) is 2.21. The summed E-state index contributed by atoms with van der Waals surface area (Å²) in [7, 11) is 0. The number of carbonyl (C=O) groups excluding carboxylic acids is 1. The van der Waals surface area contributed by atoms with Crippen LogP contribution in [0.15, 0.2) is 48.8 Å². The summed E-state index contributed by atoms with van der Waals surface area (Å²) in [6.45, 7) is 0.639. The molecule has 0 radical (unpaired) electrons. The molecule has 1 aromatic carbocycles. The van der Waals surface area contributed by atoms with E-state index >= 15 is 0 Å². The van der Waals surface area contributed by atoms with Gasteiger partial charge in [0.2, 0.25) is 5.91 Å². The number of carbonyl (C=O) groups is 1. The molecule has 1 N–H and O–H groups in total. The Balaban J connectivity index is 1.68. The molecule has 0 aliphatic rings. The molecule has 3 nitrogen and oxygen atoms in total. The molecule has 4 heteroatoms. The van der Waals surface area contributed by atoms with E-state index in [9.17, 15) is 4.79 Å². The Labute approximate surface area is 124 Å². The van der Waals surface area contributed by atoms with Crippen LogP contribution in [0.3, 0.4) is 0 Å². The van der Waals surface area contributed by atoms with E-state index in [0.717, 1.165) is 17.5 Å². The minimum absolute atomic E-state index is 0.0638. The molecule has 0 spiro atoms. The van der Waals surface area contributed by atoms with Gasteiger partial charge in [0, 0.05) is 30.4 Å². The fourth-order valence-corrected chi connectivity index (χ4v) is 2.14. The first-order chi connectivity index (χ1) is 9.74. The minimum atomic E-state index is 0.0638. The monoisotopic (exact) mass is 288 g/mol. The van der Waals surface area contributed by atoms with E-state index in [1.54, 1.807) is 6.20 Å². The third kappa shape index (κ3) is 5.02. The summed E-state index contributed by atoms with van der Waals surface area (Å²) >= 11 is 5.91. The molecule has 104 valence electrons. The van der Waals surface area contributed by atoms with Crippen LogP contribution in [-0.4, -0.2) is 17.4 Å². The van der Waals surface area contributed by atoms with Gasteiger partial charge in [-0.25, -0.2) is 0 Å². The Morgan fingerprint density at radius 2 is 2.00 bits per heavy atom. The highest BCUT2D eigenvalue weighted by Crippen LogP contribution is 2.12. The van der Waals surface area contributed by atoms with E-state index < -0.39 is 0 Å². The van der Waals surface area contributed by atoms with Crippen molar-refractivity contribution in [3.8, 4) is 0 Å². The fourth-order valence-electron chi connectivity index (χ4n) is 1.93. The van der Waals surface area contributed by atoms with Gasteiger partial charge in [0.15, 0.2) is 0 Å². The number of hydrogen-bond donors (Lipinski definition) is 1. The van der Waals surface area contributed by atoms with Gasteiger partial charge in [0.25, 0.3) is 0 Å². The van der Waals surface area contributed by atoms with Gasteiger partial charge in [-0.15, -0.1) is 0 Å². The largest absolute Gasteiger partial charge is 0.356 e. The van der Waals surface area contributed by atoms with Gasteiger partial charge in [0.1, 0.15) is 0 Å². The summed E-state index contributed by atoms with van der Waals surface area (Å²) in [5, 5.41) is 3.62. The predicted molar refractivity (Wildman–Crippen MR) is 80.7 cm³/mol. The molecule has 2 aromatic rings. The van der Waals surface area contributed by atoms with E-state index in [1.165, 1.54) is 0 Å². The van der Waals surface area contributed by atoms with Crippen molar-refractivity contribution in [1.82, 2.24) is 10.3 Å². The summed E-state index contributed by atoms with van der Waals surface area (Å²) in [6.07, 6.45) is 5.55. The number of nitrogens with zero attached hydrogens (tertiary/aromatic N) is 1. The number of halogens is 1. The second-order valence-corrected chi connectivity index (χ2v) is 5.03. The first kappa shape index (κ1) is 14.5. The predicted octanol–water partition coefficient (Wildman–Crippen LogP) is 3.03. The van der Waals surface area contributed by atoms with Crippen LogP contribution in [0.1, 0.15) is 17.5 Å². The van der Waals surface area contributed by atoms with Crippen LogP contribution in [0.5, 0.6) is 0 Å². The number of aromatic nitrogens is 1. The maximum absolute atomic E-state index is 11.7. The number of nitrogens with one attached hydrogen (secondary N) is 1. The number of benzene rings is 1. The Morgan fingerprint density at radius 1 is 1.15 bits per heavy atom. The van der Waals surface area contributed by atoms with E-state index in [2.05, 4.69) is 10.3 Å². The lowest BCUT2D eigenvalue weighted by atomic mass is 10.1. The first-order valence-corrected chi connectivity index (χ1v) is 7.02. The Kier molecular flexibility index (Phi) is 5.56. The van der Waals surface area contributed by atoms with Crippen LogP contribution in [0.4, 0.5) is 0 Å². The second kappa shape index (κ2) is 7.65. The molecule has 0 saturated heterocycles. The van der Waals surface area contributed by atoms with Crippen molar-refractivity contribution >= 4 is 17.5 Å². The number of amides is 1. The lowest BCUT2D eigenvalue weighted by molar-refractivity contribution is -0.121. The average molecular weight is 289 g/mol. The Bertz CT molecular complexity index is 557. The molecule has 0 fully saturated rings. The molecule has 1 heterocycles. The molecule has 1 amide bonds. The van der Waals surface area contributed by atoms with Crippen molar-refractivity contribution in [2.24, 2.45) is 0 Å². The van der Waals surface area contributed by atoms with Gasteiger partial charge < -0.3 is 5.32 Å². The van der Waals surface area contributed by atoms with Gasteiger partial charge in [-0.1, -0.05) is 29.8 Å². The van der Waals surface area contributed by atoms with Crippen molar-refractivity contribution in [1.29, 1.82) is 0 Å². The molecule has 0 aliphatic carbocycles. The molecule has 0 atom stereocenters. The van der Waals surface area contributed by atoms with Crippen molar-refractivity contribution in [3.05, 3.63) is 64.9 Å². The van der Waals surface area contributed by atoms with E-state index in [0.29, 0.717) is 24.4 Å². The van der Waals surface area contributed by atoms with Crippen molar-refractivity contribution in [3.63, 3.8) is 0 Å². The fraction of sp³-hybridized carbons (Fsp3) is 0.250. The molecule has 0 aliphatic heterocycles. The van der Waals surface area contributed by atoms with E-state index in [-0.39, 0.29) is 5.91 Å². The lowest BCUT2D eigenvalue weighted by Gasteiger charge is -2.05. The van der Waals surface area contributed by atoms with Crippen LogP contribution >= 0.6 is 11.6 Å². The molecular formula is C16H17ClN2O. The Hall–Kier alpha value is -1.87. The van der Waals surface area contributed by atoms with Crippen molar-refractivity contribution in [2.75, 3.05) is 6.54 Å². The molecule has 0 bridgehead atoms. The summed E-state index contributed by atoms with van der Waals surface area (Å²) in [6, 6.07) is 11.5. The topological polar surface area (TPSA) is 42.0 Å². The maximum atomic E-state index is 11.7. The smallest absolute Gasteiger partial charge is 0.220 e. The van der Waals surface area contributed by atoms with E-state index in [4.69, 9.17) is 11.6 Å². The highest BCUT2D eigenvalue weighted by atomic mass is 35.5. The van der Waals surface area contributed by atoms with Crippen LogP contribution in [-0.2, 0) is 17.6 Å². The summed E-state index contributed by atoms with van der Waals surface area (Å²) in [4.78, 5) is 15.8. The standard InChI is InChI=1S/C16H17ClN2O/c17-15-5-1-3-13(11-15)6-7-16(20)19-10-8-14-4-2-9-18-12-14/h1-5,9,11-12H,6-8,10H2,(H,19,20). The maximum Gasteiger partial charge on any atom is 0.220 e. The Morgan fingerprint density at radius 3 is 2.75 bits per heavy atom. The zero-order chi connectivity index (χ0) is 14.2. The van der Waals surface area contributed by atoms with Gasteiger partial charge in [-0.3, -0.25) is 9.78 Å². The quantitative estimate of drug-likeness (QED) is 0.888. The third-order valence-corrected chi connectivity index (χ3v) is 3.22. The van der Waals surface area contributed by atoms with Gasteiger partial charge in [-0.2, -0.15) is 0 Å². The molecule has 1 aromatic heterocycles. The van der Waals surface area contributed by atoms with Crippen LogP contribution < -0.4 is 5.32 Å². The zero-order valence-electron chi connectivity index (χ0n) is 11.2. The van der Waals surface area contributed by atoms with Gasteiger partial charge >= 0.3 is 0 Å². The summed E-state index contributed by atoms with van der Waals surface area (Å²) in [5.74, 6) is 0.0638. The lowest BCUT2D eigenvalue weighted by Crippen LogP contribution is -2.25. The average Bonchev–Trinajstić information content (AvgIpc) is 2.46. The van der Waals surface area contributed by atoms with Crippen molar-refractivity contribution in [2.45, 2.75) is 19.3 Å². The molecular weight excluding hydrogens is 272 g/mol. The zero-order valence-corrected chi connectivity index (χ0v) is 11.9. The second-order valence-electron chi connectivity index (χ2n) is 4.59. The van der Waals surface area contributed by atoms with Gasteiger partial charge in [-0.05, 0) is 42.2 Å². The van der Waals surface area contributed by atoms with Crippen molar-refractivity contribution < 1.29 is 4.79 Å². The van der Waals surface area contributed by atoms with Crippen LogP contribution in [0.2, 0.25) is 5.02 Å².